The van der Waals surface area contributed by atoms with Crippen molar-refractivity contribution in [2.45, 2.75) is 32.1 Å². The molecule has 0 bridgehead atoms. The summed E-state index contributed by atoms with van der Waals surface area (Å²) in [5, 5.41) is 13.8. The average Bonchev–Trinajstić information content (AvgIpc) is 2.82. The summed E-state index contributed by atoms with van der Waals surface area (Å²) >= 11 is 1.44. The van der Waals surface area contributed by atoms with E-state index in [1.54, 1.807) is 5.38 Å². The van der Waals surface area contributed by atoms with Crippen LogP contribution < -0.4 is 11.1 Å². The topological polar surface area (TPSA) is 105 Å². The molecule has 0 atom stereocenters. The predicted octanol–water partition coefficient (Wildman–Crippen LogP) is 1.02. The fraction of sp³-hybridized carbons (Fsp3) is 0.583. The molecule has 0 aliphatic rings. The van der Waals surface area contributed by atoms with Gasteiger partial charge in [-0.2, -0.15) is 0 Å². The first-order valence-corrected chi connectivity index (χ1v) is 7.16. The Morgan fingerprint density at radius 1 is 1.37 bits per heavy atom. The summed E-state index contributed by atoms with van der Waals surface area (Å²) in [6.07, 6.45) is 3.08. The number of aromatic nitrogens is 1. The van der Waals surface area contributed by atoms with Gasteiger partial charge in [0, 0.05) is 24.8 Å². The highest BCUT2D eigenvalue weighted by atomic mass is 32.1. The van der Waals surface area contributed by atoms with Gasteiger partial charge in [-0.15, -0.1) is 11.3 Å². The summed E-state index contributed by atoms with van der Waals surface area (Å²) in [6, 6.07) is 0. The Balaban J connectivity index is 2.18. The molecule has 0 aliphatic heterocycles. The van der Waals surface area contributed by atoms with Crippen molar-refractivity contribution in [3.8, 4) is 0 Å². The minimum atomic E-state index is -0.779. The monoisotopic (exact) mass is 285 g/mol. The molecule has 106 valence electrons. The first kappa shape index (κ1) is 15.6. The third-order valence-electron chi connectivity index (χ3n) is 2.50. The molecule has 1 amide bonds. The second kappa shape index (κ2) is 8.60. The Morgan fingerprint density at radius 3 is 2.84 bits per heavy atom. The number of carboxylic acids is 1. The van der Waals surface area contributed by atoms with Crippen LogP contribution >= 0.6 is 11.3 Å². The number of aliphatic carboxylic acids is 1. The zero-order valence-electron chi connectivity index (χ0n) is 10.7. The quantitative estimate of drug-likeness (QED) is 0.587. The van der Waals surface area contributed by atoms with Crippen molar-refractivity contribution in [1.82, 2.24) is 10.3 Å². The number of nitrogens with two attached hydrogens (primary N) is 1. The molecule has 0 radical (unpaired) electrons. The van der Waals surface area contributed by atoms with Crippen molar-refractivity contribution >= 4 is 23.2 Å². The zero-order valence-corrected chi connectivity index (χ0v) is 11.5. The minimum Gasteiger partial charge on any atom is -0.481 e. The lowest BCUT2D eigenvalue weighted by molar-refractivity contribution is -0.137. The van der Waals surface area contributed by atoms with Crippen LogP contribution in [0, 0.1) is 0 Å². The first-order chi connectivity index (χ1) is 9.13. The van der Waals surface area contributed by atoms with Crippen molar-refractivity contribution in [3.05, 3.63) is 16.1 Å². The molecular weight excluding hydrogens is 266 g/mol. The average molecular weight is 285 g/mol. The highest BCUT2D eigenvalue weighted by molar-refractivity contribution is 7.09. The van der Waals surface area contributed by atoms with Crippen LogP contribution in [-0.4, -0.2) is 35.1 Å². The molecule has 4 N–H and O–H groups in total. The first-order valence-electron chi connectivity index (χ1n) is 6.28. The number of rotatable bonds is 9. The van der Waals surface area contributed by atoms with Gasteiger partial charge in [-0.05, 0) is 19.4 Å². The largest absolute Gasteiger partial charge is 0.481 e. The lowest BCUT2D eigenvalue weighted by Gasteiger charge is -2.02. The third-order valence-corrected chi connectivity index (χ3v) is 3.40. The van der Waals surface area contributed by atoms with Gasteiger partial charge >= 0.3 is 5.97 Å². The highest BCUT2D eigenvalue weighted by Crippen LogP contribution is 2.09. The van der Waals surface area contributed by atoms with Gasteiger partial charge in [-0.3, -0.25) is 9.59 Å². The number of carbonyl (C=O) groups excluding carboxylic acids is 1. The maximum Gasteiger partial charge on any atom is 0.303 e. The number of hydrogen-bond acceptors (Lipinski definition) is 5. The van der Waals surface area contributed by atoms with Gasteiger partial charge in [0.05, 0.1) is 5.01 Å². The van der Waals surface area contributed by atoms with E-state index in [-0.39, 0.29) is 12.3 Å². The smallest absolute Gasteiger partial charge is 0.303 e. The van der Waals surface area contributed by atoms with Crippen LogP contribution in [0.4, 0.5) is 0 Å². The lowest BCUT2D eigenvalue weighted by atomic mass is 10.2. The molecule has 0 aromatic carbocycles. The number of hydrogen-bond donors (Lipinski definition) is 3. The third kappa shape index (κ3) is 6.30. The molecule has 1 heterocycles. The van der Waals surface area contributed by atoms with Gasteiger partial charge in [0.1, 0.15) is 5.69 Å². The van der Waals surface area contributed by atoms with Gasteiger partial charge in [0.25, 0.3) is 5.91 Å². The van der Waals surface area contributed by atoms with Gasteiger partial charge in [0.15, 0.2) is 0 Å². The number of carboxylic acid groups (broad SMARTS) is 1. The zero-order chi connectivity index (χ0) is 14.1. The molecule has 0 saturated carbocycles. The SMILES string of the molecule is NCCc1nc(C(=O)NCCCCCC(=O)O)cs1. The number of nitrogens with zero attached hydrogens (tertiary/aromatic N) is 1. The van der Waals surface area contributed by atoms with E-state index in [1.807, 2.05) is 0 Å². The molecule has 0 unspecified atom stereocenters. The summed E-state index contributed by atoms with van der Waals surface area (Å²) in [4.78, 5) is 26.2. The van der Waals surface area contributed by atoms with Gasteiger partial charge in [0.2, 0.25) is 0 Å². The fourth-order valence-corrected chi connectivity index (χ4v) is 2.32. The Labute approximate surface area is 116 Å². The lowest BCUT2D eigenvalue weighted by Crippen LogP contribution is -2.24. The van der Waals surface area contributed by atoms with Crippen molar-refractivity contribution in [3.63, 3.8) is 0 Å². The van der Waals surface area contributed by atoms with E-state index in [9.17, 15) is 9.59 Å². The molecular formula is C12H19N3O3S. The predicted molar refractivity (Wildman–Crippen MR) is 73.3 cm³/mol. The Kier molecular flexibility index (Phi) is 7.06. The number of thiazole rings is 1. The molecule has 1 aromatic heterocycles. The minimum absolute atomic E-state index is 0.183. The van der Waals surface area contributed by atoms with Gasteiger partial charge in [-0.1, -0.05) is 6.42 Å². The van der Waals surface area contributed by atoms with Crippen LogP contribution in [0.1, 0.15) is 41.2 Å². The molecule has 6 nitrogen and oxygen atoms in total. The number of nitrogens with one attached hydrogen (secondary N) is 1. The molecule has 1 aromatic rings. The molecule has 0 spiro atoms. The highest BCUT2D eigenvalue weighted by Gasteiger charge is 2.09. The number of carbonyl (C=O) groups is 2. The number of unbranched alkanes of at least 4 members (excludes halogenated alkanes) is 2. The maximum atomic E-state index is 11.7. The summed E-state index contributed by atoms with van der Waals surface area (Å²) in [7, 11) is 0. The second-order valence-corrected chi connectivity index (χ2v) is 5.07. The Hall–Kier alpha value is -1.47. The van der Waals surface area contributed by atoms with Crippen LogP contribution in [-0.2, 0) is 11.2 Å². The van der Waals surface area contributed by atoms with Crippen LogP contribution in [0.2, 0.25) is 0 Å². The second-order valence-electron chi connectivity index (χ2n) is 4.13. The summed E-state index contributed by atoms with van der Waals surface area (Å²) in [5.41, 5.74) is 5.85. The van der Waals surface area contributed by atoms with Crippen molar-refractivity contribution in [2.75, 3.05) is 13.1 Å². The number of amides is 1. The maximum absolute atomic E-state index is 11.7. The molecule has 7 heteroatoms. The Bertz CT molecular complexity index is 420. The summed E-state index contributed by atoms with van der Waals surface area (Å²) < 4.78 is 0. The van der Waals surface area contributed by atoms with Crippen molar-refractivity contribution in [1.29, 1.82) is 0 Å². The van der Waals surface area contributed by atoms with E-state index in [1.165, 1.54) is 11.3 Å². The molecule has 19 heavy (non-hydrogen) atoms. The summed E-state index contributed by atoms with van der Waals surface area (Å²) in [5.74, 6) is -0.961. The molecule has 1 rings (SSSR count). The standard InChI is InChI=1S/C12H19N3O3S/c13-6-5-10-15-9(8-19-10)12(18)14-7-3-1-2-4-11(16)17/h8H,1-7,13H2,(H,14,18)(H,16,17). The normalized spacial score (nSPS) is 10.4. The van der Waals surface area contributed by atoms with E-state index < -0.39 is 5.97 Å². The van der Waals surface area contributed by atoms with E-state index in [4.69, 9.17) is 10.8 Å². The molecule has 0 saturated heterocycles. The van der Waals surface area contributed by atoms with E-state index in [2.05, 4.69) is 10.3 Å². The Morgan fingerprint density at radius 2 is 2.16 bits per heavy atom. The van der Waals surface area contributed by atoms with E-state index in [0.717, 1.165) is 17.8 Å². The van der Waals surface area contributed by atoms with E-state index in [0.29, 0.717) is 31.6 Å². The molecule has 0 aliphatic carbocycles. The van der Waals surface area contributed by atoms with Crippen molar-refractivity contribution < 1.29 is 14.7 Å². The van der Waals surface area contributed by atoms with Crippen molar-refractivity contribution in [2.24, 2.45) is 5.73 Å². The summed E-state index contributed by atoms with van der Waals surface area (Å²) in [6.45, 7) is 1.07. The van der Waals surface area contributed by atoms with Gasteiger partial charge in [-0.25, -0.2) is 4.98 Å². The molecule has 0 fully saturated rings. The van der Waals surface area contributed by atoms with Crippen LogP contribution in [0.5, 0.6) is 0 Å². The van der Waals surface area contributed by atoms with E-state index >= 15 is 0 Å². The van der Waals surface area contributed by atoms with Crippen LogP contribution in [0.3, 0.4) is 0 Å². The van der Waals surface area contributed by atoms with Crippen LogP contribution in [0.25, 0.3) is 0 Å². The van der Waals surface area contributed by atoms with Crippen LogP contribution in [0.15, 0.2) is 5.38 Å². The van der Waals surface area contributed by atoms with Gasteiger partial charge < -0.3 is 16.2 Å². The fourth-order valence-electron chi connectivity index (χ4n) is 1.52.